The van der Waals surface area contributed by atoms with Crippen LogP contribution in [-0.4, -0.2) is 41.6 Å². The van der Waals surface area contributed by atoms with E-state index >= 15 is 0 Å². The van der Waals surface area contributed by atoms with Gasteiger partial charge in [0.25, 0.3) is 0 Å². The summed E-state index contributed by atoms with van der Waals surface area (Å²) in [7, 11) is 0. The number of rotatable bonds is 4. The molecule has 2 aromatic rings. The fourth-order valence-electron chi connectivity index (χ4n) is 4.95. The quantitative estimate of drug-likeness (QED) is 0.515. The zero-order valence-corrected chi connectivity index (χ0v) is 22.0. The fraction of sp³-hybridized carbons (Fsp3) is 0.448. The molecule has 2 atom stereocenters. The van der Waals surface area contributed by atoms with E-state index in [4.69, 9.17) is 10.5 Å². The molecule has 0 aliphatic carbocycles. The van der Waals surface area contributed by atoms with Crippen molar-refractivity contribution in [2.75, 3.05) is 29.0 Å². The van der Waals surface area contributed by atoms with Crippen LogP contribution in [-0.2, 0) is 9.53 Å². The molecule has 7 heteroatoms. The Labute approximate surface area is 214 Å². The Hall–Kier alpha value is -3.48. The molecular weight excluding hydrogens is 452 g/mol. The number of amides is 2. The molecule has 3 N–H and O–H groups in total. The van der Waals surface area contributed by atoms with Gasteiger partial charge in [-0.05, 0) is 87.6 Å². The van der Waals surface area contributed by atoms with Crippen molar-refractivity contribution in [3.63, 3.8) is 0 Å². The summed E-state index contributed by atoms with van der Waals surface area (Å²) < 4.78 is 5.52. The first-order valence-electron chi connectivity index (χ1n) is 12.8. The third-order valence-corrected chi connectivity index (χ3v) is 6.74. The molecule has 0 saturated heterocycles. The lowest BCUT2D eigenvalue weighted by Crippen LogP contribution is -2.44. The van der Waals surface area contributed by atoms with Gasteiger partial charge >= 0.3 is 6.09 Å². The number of hydrogen-bond donors (Lipinski definition) is 2. The molecule has 192 valence electrons. The minimum atomic E-state index is -0.511. The van der Waals surface area contributed by atoms with E-state index in [1.807, 2.05) is 56.9 Å². The highest BCUT2D eigenvalue weighted by molar-refractivity contribution is 5.96. The van der Waals surface area contributed by atoms with Gasteiger partial charge in [0.2, 0.25) is 5.91 Å². The zero-order chi connectivity index (χ0) is 26.0. The van der Waals surface area contributed by atoms with Gasteiger partial charge in [-0.25, -0.2) is 4.79 Å². The van der Waals surface area contributed by atoms with Crippen LogP contribution in [0.2, 0.25) is 0 Å². The first kappa shape index (κ1) is 25.6. The minimum Gasteiger partial charge on any atom is -0.444 e. The van der Waals surface area contributed by atoms with Crippen molar-refractivity contribution in [1.29, 1.82) is 0 Å². The van der Waals surface area contributed by atoms with Crippen LogP contribution in [0, 0.1) is 0 Å². The minimum absolute atomic E-state index is 0.0643. The largest absolute Gasteiger partial charge is 0.444 e. The van der Waals surface area contributed by atoms with Gasteiger partial charge < -0.3 is 25.6 Å². The lowest BCUT2D eigenvalue weighted by molar-refractivity contribution is -0.118. The number of benzene rings is 2. The summed E-state index contributed by atoms with van der Waals surface area (Å²) in [5.41, 5.74) is 11.4. The van der Waals surface area contributed by atoms with Crippen LogP contribution in [0.5, 0.6) is 0 Å². The first-order valence-corrected chi connectivity index (χ1v) is 12.8. The highest BCUT2D eigenvalue weighted by Gasteiger charge is 2.34. The summed E-state index contributed by atoms with van der Waals surface area (Å²) in [6, 6.07) is 14.3. The van der Waals surface area contributed by atoms with Gasteiger partial charge in [-0.3, -0.25) is 4.79 Å². The van der Waals surface area contributed by atoms with Crippen molar-refractivity contribution in [2.24, 2.45) is 0 Å². The summed E-state index contributed by atoms with van der Waals surface area (Å²) in [6.45, 7) is 10.8. The molecule has 0 aromatic heterocycles. The number of carbonyl (C=O) groups is 2. The van der Waals surface area contributed by atoms with E-state index in [2.05, 4.69) is 36.5 Å². The van der Waals surface area contributed by atoms with E-state index in [0.717, 1.165) is 41.0 Å². The molecule has 2 aliphatic rings. The van der Waals surface area contributed by atoms with Gasteiger partial charge in [-0.15, -0.1) is 0 Å². The average molecular weight is 491 g/mol. The van der Waals surface area contributed by atoms with Gasteiger partial charge in [-0.2, -0.15) is 0 Å². The number of fused-ring (bicyclic) bond motifs is 1. The lowest BCUT2D eigenvalue weighted by atomic mass is 9.88. The van der Waals surface area contributed by atoms with E-state index in [9.17, 15) is 9.59 Å². The maximum Gasteiger partial charge on any atom is 0.410 e. The smallest absolute Gasteiger partial charge is 0.410 e. The maximum atomic E-state index is 13.0. The maximum absolute atomic E-state index is 13.0. The predicted octanol–water partition coefficient (Wildman–Crippen LogP) is 5.98. The second-order valence-corrected chi connectivity index (χ2v) is 10.7. The summed E-state index contributed by atoms with van der Waals surface area (Å²) in [5, 5.41) is 3.64. The van der Waals surface area contributed by atoms with Crippen LogP contribution in [0.15, 0.2) is 48.5 Å². The standard InChI is InChI=1S/C29H38N4O3/c1-6-27(34)33-19(2)17-25(31-23-10-8-22(30)9-11-23)24-12-7-21(18-26(24)33)20-13-15-32(16-14-20)28(35)36-29(3,4)5/h7-13,18-19,25,31H,6,14-17,30H2,1-5H3. The molecule has 0 bridgehead atoms. The van der Waals surface area contributed by atoms with Crippen LogP contribution >= 0.6 is 0 Å². The third-order valence-electron chi connectivity index (χ3n) is 6.74. The van der Waals surface area contributed by atoms with Crippen LogP contribution < -0.4 is 16.0 Å². The van der Waals surface area contributed by atoms with Crippen molar-refractivity contribution in [3.8, 4) is 0 Å². The molecule has 2 amide bonds. The van der Waals surface area contributed by atoms with Crippen LogP contribution in [0.4, 0.5) is 21.9 Å². The molecule has 2 aliphatic heterocycles. The number of nitrogens with one attached hydrogen (secondary N) is 1. The van der Waals surface area contributed by atoms with Crippen molar-refractivity contribution in [2.45, 2.75) is 71.6 Å². The molecule has 0 fully saturated rings. The molecule has 2 unspecified atom stereocenters. The molecule has 4 rings (SSSR count). The average Bonchev–Trinajstić information content (AvgIpc) is 2.84. The molecule has 36 heavy (non-hydrogen) atoms. The van der Waals surface area contributed by atoms with E-state index in [0.29, 0.717) is 19.5 Å². The Morgan fingerprint density at radius 1 is 1.14 bits per heavy atom. The Morgan fingerprint density at radius 2 is 1.86 bits per heavy atom. The molecule has 0 radical (unpaired) electrons. The number of carbonyl (C=O) groups excluding carboxylic acids is 2. The first-order chi connectivity index (χ1) is 17.1. The number of nitrogens with two attached hydrogens (primary N) is 1. The van der Waals surface area contributed by atoms with Crippen molar-refractivity contribution in [3.05, 3.63) is 59.7 Å². The number of nitrogen functional groups attached to an aromatic ring is 1. The lowest BCUT2D eigenvalue weighted by Gasteiger charge is -2.40. The molecule has 2 aromatic carbocycles. The van der Waals surface area contributed by atoms with E-state index < -0.39 is 5.60 Å². The van der Waals surface area contributed by atoms with Crippen molar-refractivity contribution < 1.29 is 14.3 Å². The highest BCUT2D eigenvalue weighted by Crippen LogP contribution is 2.41. The molecule has 0 spiro atoms. The van der Waals surface area contributed by atoms with Gasteiger partial charge in [0.05, 0.1) is 6.04 Å². The SMILES string of the molecule is CCC(=O)N1c2cc(C3=CCN(C(=O)OC(C)(C)C)CC3)ccc2C(Nc2ccc(N)cc2)CC1C. The fourth-order valence-corrected chi connectivity index (χ4v) is 4.95. The Bertz CT molecular complexity index is 1150. The summed E-state index contributed by atoms with van der Waals surface area (Å²) in [4.78, 5) is 29.1. The van der Waals surface area contributed by atoms with Crippen LogP contribution in [0.3, 0.4) is 0 Å². The monoisotopic (exact) mass is 490 g/mol. The number of anilines is 3. The number of nitrogens with zero attached hydrogens (tertiary/aromatic N) is 2. The van der Waals surface area contributed by atoms with Gasteiger partial charge in [0.15, 0.2) is 0 Å². The summed E-state index contributed by atoms with van der Waals surface area (Å²) >= 11 is 0. The normalized spacial score (nSPS) is 19.9. The Morgan fingerprint density at radius 3 is 2.47 bits per heavy atom. The van der Waals surface area contributed by atoms with Crippen molar-refractivity contribution in [1.82, 2.24) is 4.90 Å². The Kier molecular flexibility index (Phi) is 7.29. The van der Waals surface area contributed by atoms with Crippen LogP contribution in [0.25, 0.3) is 5.57 Å². The third kappa shape index (κ3) is 5.66. The van der Waals surface area contributed by atoms with E-state index in [-0.39, 0.29) is 24.1 Å². The van der Waals surface area contributed by atoms with E-state index in [1.165, 1.54) is 5.57 Å². The Balaban J connectivity index is 1.61. The van der Waals surface area contributed by atoms with Crippen molar-refractivity contribution >= 4 is 34.6 Å². The summed E-state index contributed by atoms with van der Waals surface area (Å²) in [5.74, 6) is 0.126. The zero-order valence-electron chi connectivity index (χ0n) is 22.0. The highest BCUT2D eigenvalue weighted by atomic mass is 16.6. The van der Waals surface area contributed by atoms with Gasteiger partial charge in [-0.1, -0.05) is 25.1 Å². The second-order valence-electron chi connectivity index (χ2n) is 10.7. The number of hydrogen-bond acceptors (Lipinski definition) is 5. The van der Waals surface area contributed by atoms with Gasteiger partial charge in [0.1, 0.15) is 5.60 Å². The molecule has 2 heterocycles. The van der Waals surface area contributed by atoms with Crippen LogP contribution in [0.1, 0.15) is 71.0 Å². The number of ether oxygens (including phenoxy) is 1. The molecular formula is C29H38N4O3. The summed E-state index contributed by atoms with van der Waals surface area (Å²) in [6.07, 6.45) is 3.82. The molecule has 7 nitrogen and oxygen atoms in total. The van der Waals surface area contributed by atoms with Gasteiger partial charge in [0, 0.05) is 42.6 Å². The van der Waals surface area contributed by atoms with E-state index in [1.54, 1.807) is 4.90 Å². The second kappa shape index (κ2) is 10.2. The predicted molar refractivity (Wildman–Crippen MR) is 146 cm³/mol. The topological polar surface area (TPSA) is 87.9 Å². The molecule has 0 saturated carbocycles.